The molecule has 47 heavy (non-hydrogen) atoms. The minimum Gasteiger partial charge on any atom is -0.387 e. The number of carbonyl (C=O) groups excluding carboxylic acids is 1. The van der Waals surface area contributed by atoms with Crippen LogP contribution in [0.15, 0.2) is 24.3 Å². The molecule has 3 atom stereocenters. The molecule has 0 fully saturated rings. The second kappa shape index (κ2) is 34.8. The Labute approximate surface area is 289 Å². The molecule has 0 aliphatic carbocycles. The molecule has 0 bridgehead atoms. The SMILES string of the molecule is CCCCCCC/C=C\CCCCCCCC(=O)NC(COP(=O)(O)OCCN)C(O)/C=C/CCCCCCCCCCCCCC. The summed E-state index contributed by atoms with van der Waals surface area (Å²) in [5, 5.41) is 13.6. The van der Waals surface area contributed by atoms with Gasteiger partial charge in [0.2, 0.25) is 5.91 Å². The van der Waals surface area contributed by atoms with Crippen LogP contribution in [0.5, 0.6) is 0 Å². The molecule has 0 aromatic carbocycles. The third kappa shape index (κ3) is 33.3. The summed E-state index contributed by atoms with van der Waals surface area (Å²) in [5.41, 5.74) is 5.35. The zero-order valence-corrected chi connectivity index (χ0v) is 31.4. The summed E-state index contributed by atoms with van der Waals surface area (Å²) in [4.78, 5) is 22.6. The van der Waals surface area contributed by atoms with Crippen LogP contribution in [0.4, 0.5) is 0 Å². The van der Waals surface area contributed by atoms with E-state index in [4.69, 9.17) is 14.8 Å². The minimum atomic E-state index is -4.33. The molecule has 278 valence electrons. The van der Waals surface area contributed by atoms with E-state index in [0.717, 1.165) is 51.4 Å². The molecule has 0 aromatic rings. The summed E-state index contributed by atoms with van der Waals surface area (Å²) >= 11 is 0. The van der Waals surface area contributed by atoms with Crippen LogP contribution in [0.2, 0.25) is 0 Å². The topological polar surface area (TPSA) is 131 Å². The second-order valence-electron chi connectivity index (χ2n) is 13.1. The summed E-state index contributed by atoms with van der Waals surface area (Å²) in [7, 11) is -4.33. The lowest BCUT2D eigenvalue weighted by Gasteiger charge is -2.23. The number of nitrogens with two attached hydrogens (primary N) is 1. The number of unbranched alkanes of at least 4 members (excludes halogenated alkanes) is 22. The molecule has 3 unspecified atom stereocenters. The summed E-state index contributed by atoms with van der Waals surface area (Å²) < 4.78 is 22.0. The van der Waals surface area contributed by atoms with E-state index < -0.39 is 20.0 Å². The van der Waals surface area contributed by atoms with Gasteiger partial charge in [0.05, 0.1) is 25.4 Å². The van der Waals surface area contributed by atoms with Crippen LogP contribution < -0.4 is 11.1 Å². The molecule has 9 heteroatoms. The maximum atomic E-state index is 12.7. The van der Waals surface area contributed by atoms with Crippen molar-refractivity contribution in [3.63, 3.8) is 0 Å². The molecule has 0 spiro atoms. The van der Waals surface area contributed by atoms with Crippen LogP contribution in [-0.4, -0.2) is 47.8 Å². The van der Waals surface area contributed by atoms with Gasteiger partial charge < -0.3 is 21.1 Å². The lowest BCUT2D eigenvalue weighted by atomic mass is 10.0. The highest BCUT2D eigenvalue weighted by atomic mass is 31.2. The summed E-state index contributed by atoms with van der Waals surface area (Å²) in [6, 6.07) is -0.860. The van der Waals surface area contributed by atoms with Crippen molar-refractivity contribution in [2.75, 3.05) is 19.8 Å². The Morgan fingerprint density at radius 2 is 1.11 bits per heavy atom. The average molecular weight is 687 g/mol. The van der Waals surface area contributed by atoms with E-state index in [-0.39, 0.29) is 25.7 Å². The Morgan fingerprint density at radius 3 is 1.57 bits per heavy atom. The average Bonchev–Trinajstić information content (AvgIpc) is 3.05. The number of hydrogen-bond donors (Lipinski definition) is 4. The molecule has 0 saturated carbocycles. The predicted octanol–water partition coefficient (Wildman–Crippen LogP) is 10.2. The first-order valence-electron chi connectivity index (χ1n) is 19.5. The van der Waals surface area contributed by atoms with E-state index in [1.165, 1.54) is 109 Å². The quantitative estimate of drug-likeness (QED) is 0.0293. The fourth-order valence-corrected chi connectivity index (χ4v) is 6.30. The van der Waals surface area contributed by atoms with Crippen LogP contribution in [0.3, 0.4) is 0 Å². The largest absolute Gasteiger partial charge is 0.472 e. The molecule has 0 aliphatic rings. The number of aliphatic hydroxyl groups is 1. The predicted molar refractivity (Wildman–Crippen MR) is 198 cm³/mol. The molecule has 0 aromatic heterocycles. The molecule has 5 N–H and O–H groups in total. The Bertz CT molecular complexity index is 794. The molecule has 0 aliphatic heterocycles. The molecule has 0 heterocycles. The first-order valence-corrected chi connectivity index (χ1v) is 21.0. The number of phosphoric ester groups is 1. The molecular formula is C38H75N2O6P. The van der Waals surface area contributed by atoms with Crippen molar-refractivity contribution < 1.29 is 28.4 Å². The van der Waals surface area contributed by atoms with E-state index in [2.05, 4.69) is 31.3 Å². The van der Waals surface area contributed by atoms with Crippen molar-refractivity contribution in [2.45, 2.75) is 193 Å². The fourth-order valence-electron chi connectivity index (χ4n) is 5.54. The number of phosphoric acid groups is 1. The second-order valence-corrected chi connectivity index (χ2v) is 14.6. The van der Waals surface area contributed by atoms with Gasteiger partial charge in [-0.15, -0.1) is 0 Å². The van der Waals surface area contributed by atoms with Gasteiger partial charge in [0.15, 0.2) is 0 Å². The molecule has 0 rings (SSSR count). The molecule has 0 saturated heterocycles. The third-order valence-corrected chi connectivity index (χ3v) is 9.51. The minimum absolute atomic E-state index is 0.0778. The number of amides is 1. The number of hydrogen-bond acceptors (Lipinski definition) is 6. The normalized spacial score (nSPS) is 14.6. The van der Waals surface area contributed by atoms with Gasteiger partial charge >= 0.3 is 7.82 Å². The third-order valence-electron chi connectivity index (χ3n) is 8.52. The lowest BCUT2D eigenvalue weighted by Crippen LogP contribution is -2.45. The van der Waals surface area contributed by atoms with Gasteiger partial charge in [0.25, 0.3) is 0 Å². The Kier molecular flexibility index (Phi) is 34.1. The highest BCUT2D eigenvalue weighted by molar-refractivity contribution is 7.47. The number of rotatable bonds is 36. The van der Waals surface area contributed by atoms with Crippen LogP contribution >= 0.6 is 7.82 Å². The first kappa shape index (κ1) is 46.0. The van der Waals surface area contributed by atoms with Gasteiger partial charge in [-0.25, -0.2) is 4.57 Å². The van der Waals surface area contributed by atoms with E-state index >= 15 is 0 Å². The van der Waals surface area contributed by atoms with Crippen molar-refractivity contribution in [2.24, 2.45) is 5.73 Å². The van der Waals surface area contributed by atoms with Gasteiger partial charge in [0.1, 0.15) is 0 Å². The Balaban J connectivity index is 4.32. The first-order chi connectivity index (χ1) is 22.9. The molecule has 0 radical (unpaired) electrons. The van der Waals surface area contributed by atoms with Crippen LogP contribution in [0.25, 0.3) is 0 Å². The number of aliphatic hydroxyl groups excluding tert-OH is 1. The van der Waals surface area contributed by atoms with E-state index in [1.807, 2.05) is 6.08 Å². The fraction of sp³-hybridized carbons (Fsp3) is 0.868. The highest BCUT2D eigenvalue weighted by Gasteiger charge is 2.26. The van der Waals surface area contributed by atoms with Crippen molar-refractivity contribution in [1.82, 2.24) is 5.32 Å². The molecule has 8 nitrogen and oxygen atoms in total. The maximum absolute atomic E-state index is 12.7. The zero-order chi connectivity index (χ0) is 34.7. The van der Waals surface area contributed by atoms with Crippen molar-refractivity contribution in [3.05, 3.63) is 24.3 Å². The highest BCUT2D eigenvalue weighted by Crippen LogP contribution is 2.43. The van der Waals surface area contributed by atoms with Gasteiger partial charge in [-0.1, -0.05) is 154 Å². The summed E-state index contributed by atoms with van der Waals surface area (Å²) in [6.07, 6.45) is 37.9. The van der Waals surface area contributed by atoms with E-state index in [9.17, 15) is 19.4 Å². The maximum Gasteiger partial charge on any atom is 0.472 e. The molecular weight excluding hydrogens is 611 g/mol. The monoisotopic (exact) mass is 687 g/mol. The number of carbonyl (C=O) groups is 1. The van der Waals surface area contributed by atoms with Gasteiger partial charge in [-0.3, -0.25) is 13.8 Å². The van der Waals surface area contributed by atoms with Crippen molar-refractivity contribution >= 4 is 13.7 Å². The van der Waals surface area contributed by atoms with Gasteiger partial charge in [0, 0.05) is 13.0 Å². The standard InChI is InChI=1S/C38H75N2O6P/c1-3-5-7-9-11-13-15-17-19-21-23-25-27-29-31-37(41)36(35-46-47(43,44)45-34-33-39)40-38(42)32-30-28-26-24-22-20-18-16-14-12-10-8-6-4-2/h16,18,29,31,36-37,41H,3-15,17,19-28,30,32-35,39H2,1-2H3,(H,40,42)(H,43,44)/b18-16-,31-29+. The van der Waals surface area contributed by atoms with Gasteiger partial charge in [-0.2, -0.15) is 0 Å². The van der Waals surface area contributed by atoms with Crippen LogP contribution in [0.1, 0.15) is 181 Å². The van der Waals surface area contributed by atoms with E-state index in [1.54, 1.807) is 6.08 Å². The number of nitrogens with one attached hydrogen (secondary N) is 1. The molecule has 1 amide bonds. The van der Waals surface area contributed by atoms with Crippen LogP contribution in [0, 0.1) is 0 Å². The summed E-state index contributed by atoms with van der Waals surface area (Å²) in [6.45, 7) is 4.11. The smallest absolute Gasteiger partial charge is 0.387 e. The Hall–Kier alpha value is -1.02. The zero-order valence-electron chi connectivity index (χ0n) is 30.5. The van der Waals surface area contributed by atoms with Crippen molar-refractivity contribution in [3.8, 4) is 0 Å². The van der Waals surface area contributed by atoms with Gasteiger partial charge in [-0.05, 0) is 44.9 Å². The summed E-state index contributed by atoms with van der Waals surface area (Å²) in [5.74, 6) is -0.204. The number of allylic oxidation sites excluding steroid dienone is 3. The lowest BCUT2D eigenvalue weighted by molar-refractivity contribution is -0.123. The van der Waals surface area contributed by atoms with E-state index in [0.29, 0.717) is 6.42 Å². The van der Waals surface area contributed by atoms with Crippen molar-refractivity contribution in [1.29, 1.82) is 0 Å². The van der Waals surface area contributed by atoms with Crippen LogP contribution in [-0.2, 0) is 18.4 Å². The Morgan fingerprint density at radius 1 is 0.681 bits per heavy atom.